The van der Waals surface area contributed by atoms with E-state index in [0.29, 0.717) is 4.47 Å². The largest absolute Gasteiger partial charge is 0.284 e. The Morgan fingerprint density at radius 2 is 1.91 bits per heavy atom. The highest BCUT2D eigenvalue weighted by Gasteiger charge is 2.13. The van der Waals surface area contributed by atoms with E-state index in [1.807, 2.05) is 18.3 Å². The van der Waals surface area contributed by atoms with Crippen molar-refractivity contribution >= 4 is 21.6 Å². The van der Waals surface area contributed by atoms with E-state index in [1.54, 1.807) is 12.1 Å². The molecule has 0 fully saturated rings. The molecule has 0 saturated heterocycles. The van der Waals surface area contributed by atoms with Crippen molar-refractivity contribution in [2.24, 2.45) is 0 Å². The predicted molar refractivity (Wildman–Crippen MR) is 96.5 cm³/mol. The molecular formula is C18H21BrN2O2. The van der Waals surface area contributed by atoms with Crippen LogP contribution in [0.25, 0.3) is 11.3 Å². The zero-order chi connectivity index (χ0) is 16.7. The van der Waals surface area contributed by atoms with Crippen LogP contribution in [-0.2, 0) is 6.42 Å². The lowest BCUT2D eigenvalue weighted by Crippen LogP contribution is -1.92. The molecule has 0 spiro atoms. The van der Waals surface area contributed by atoms with Crippen molar-refractivity contribution in [3.05, 3.63) is 56.7 Å². The van der Waals surface area contributed by atoms with Crippen LogP contribution in [0.4, 0.5) is 5.69 Å². The van der Waals surface area contributed by atoms with Gasteiger partial charge in [0.15, 0.2) is 0 Å². The minimum Gasteiger partial charge on any atom is -0.258 e. The molecule has 0 N–H and O–H groups in total. The van der Waals surface area contributed by atoms with Crippen LogP contribution < -0.4 is 0 Å². The standard InChI is InChI=1S/C18H21BrN2O2/c1-2-3-4-5-6-7-14-8-11-17(20-13-14)15-9-10-16(19)18(12-15)21(22)23/h8-13H,2-7H2,1H3. The SMILES string of the molecule is CCCCCCCc1ccc(-c2ccc(Br)c([N+](=O)[O-])c2)nc1. The number of aromatic nitrogens is 1. The first-order chi connectivity index (χ1) is 11.1. The smallest absolute Gasteiger partial charge is 0.258 e. The Hall–Kier alpha value is -1.75. The molecule has 1 heterocycles. The second-order valence-electron chi connectivity index (χ2n) is 5.64. The van der Waals surface area contributed by atoms with Crippen LogP contribution >= 0.6 is 15.9 Å². The molecular weight excluding hydrogens is 356 g/mol. The van der Waals surface area contributed by atoms with Gasteiger partial charge in [-0.3, -0.25) is 15.1 Å². The number of benzene rings is 1. The van der Waals surface area contributed by atoms with Crippen molar-refractivity contribution in [1.29, 1.82) is 0 Å². The third-order valence-electron chi connectivity index (χ3n) is 3.83. The van der Waals surface area contributed by atoms with Crippen LogP contribution in [0.2, 0.25) is 0 Å². The summed E-state index contributed by atoms with van der Waals surface area (Å²) in [7, 11) is 0. The van der Waals surface area contributed by atoms with Crippen molar-refractivity contribution in [2.45, 2.75) is 45.4 Å². The van der Waals surface area contributed by atoms with E-state index in [1.165, 1.54) is 37.7 Å². The summed E-state index contributed by atoms with van der Waals surface area (Å²) in [5.74, 6) is 0. The summed E-state index contributed by atoms with van der Waals surface area (Å²) in [4.78, 5) is 15.1. The van der Waals surface area contributed by atoms with Crippen LogP contribution in [0.3, 0.4) is 0 Å². The van der Waals surface area contributed by atoms with E-state index in [9.17, 15) is 10.1 Å². The van der Waals surface area contributed by atoms with Gasteiger partial charge in [-0.1, -0.05) is 44.7 Å². The van der Waals surface area contributed by atoms with Crippen LogP contribution in [0.5, 0.6) is 0 Å². The second kappa shape index (κ2) is 8.77. The minimum absolute atomic E-state index is 0.0595. The fourth-order valence-corrected chi connectivity index (χ4v) is 2.88. The number of nitro groups is 1. The Morgan fingerprint density at radius 1 is 1.13 bits per heavy atom. The van der Waals surface area contributed by atoms with Gasteiger partial charge in [0.1, 0.15) is 0 Å². The van der Waals surface area contributed by atoms with E-state index in [4.69, 9.17) is 0 Å². The summed E-state index contributed by atoms with van der Waals surface area (Å²) in [6.45, 7) is 2.22. The molecule has 0 aliphatic heterocycles. The van der Waals surface area contributed by atoms with Gasteiger partial charge >= 0.3 is 0 Å². The first-order valence-corrected chi connectivity index (χ1v) is 8.80. The topological polar surface area (TPSA) is 56.0 Å². The van der Waals surface area contributed by atoms with Crippen LogP contribution in [0.1, 0.15) is 44.6 Å². The van der Waals surface area contributed by atoms with Gasteiger partial charge in [-0.05, 0) is 46.5 Å². The van der Waals surface area contributed by atoms with Gasteiger partial charge in [0.05, 0.1) is 15.1 Å². The number of halogens is 1. The molecule has 4 nitrogen and oxygen atoms in total. The predicted octanol–water partition coefficient (Wildman–Crippen LogP) is 5.93. The Labute approximate surface area is 145 Å². The molecule has 0 saturated carbocycles. The van der Waals surface area contributed by atoms with Crippen molar-refractivity contribution in [2.75, 3.05) is 0 Å². The van der Waals surface area contributed by atoms with Gasteiger partial charge in [0.25, 0.3) is 5.69 Å². The first-order valence-electron chi connectivity index (χ1n) is 8.01. The fraction of sp³-hybridized carbons (Fsp3) is 0.389. The Kier molecular flexibility index (Phi) is 6.71. The summed E-state index contributed by atoms with van der Waals surface area (Å²) >= 11 is 3.20. The average Bonchev–Trinajstić information content (AvgIpc) is 2.55. The molecule has 2 aromatic rings. The summed E-state index contributed by atoms with van der Waals surface area (Å²) in [5.41, 5.74) is 2.80. The van der Waals surface area contributed by atoms with E-state index < -0.39 is 4.92 Å². The van der Waals surface area contributed by atoms with Gasteiger partial charge in [0.2, 0.25) is 0 Å². The molecule has 122 valence electrons. The van der Waals surface area contributed by atoms with Crippen LogP contribution in [0, 0.1) is 10.1 Å². The number of unbranched alkanes of at least 4 members (excludes halogenated alkanes) is 4. The molecule has 23 heavy (non-hydrogen) atoms. The normalized spacial score (nSPS) is 10.7. The number of nitro benzene ring substituents is 1. The third kappa shape index (κ3) is 5.13. The van der Waals surface area contributed by atoms with Gasteiger partial charge in [-0.2, -0.15) is 0 Å². The van der Waals surface area contributed by atoms with Gasteiger partial charge in [-0.15, -0.1) is 0 Å². The average molecular weight is 377 g/mol. The van der Waals surface area contributed by atoms with Gasteiger partial charge in [-0.25, -0.2) is 0 Å². The Balaban J connectivity index is 2.02. The molecule has 0 atom stereocenters. The molecule has 0 amide bonds. The lowest BCUT2D eigenvalue weighted by atomic mass is 10.1. The number of nitrogens with zero attached hydrogens (tertiary/aromatic N) is 2. The fourth-order valence-electron chi connectivity index (χ4n) is 2.49. The molecule has 0 bridgehead atoms. The lowest BCUT2D eigenvalue weighted by Gasteiger charge is -2.05. The zero-order valence-electron chi connectivity index (χ0n) is 13.3. The monoisotopic (exact) mass is 376 g/mol. The van der Waals surface area contributed by atoms with E-state index in [2.05, 4.69) is 33.9 Å². The highest BCUT2D eigenvalue weighted by atomic mass is 79.9. The summed E-state index contributed by atoms with van der Waals surface area (Å²) in [6.07, 6.45) is 9.22. The van der Waals surface area contributed by atoms with Crippen LogP contribution in [-0.4, -0.2) is 9.91 Å². The molecule has 2 rings (SSSR count). The zero-order valence-corrected chi connectivity index (χ0v) is 14.9. The Morgan fingerprint density at radius 3 is 2.57 bits per heavy atom. The molecule has 1 aromatic heterocycles. The van der Waals surface area contributed by atoms with E-state index in [0.717, 1.165) is 17.7 Å². The highest BCUT2D eigenvalue weighted by molar-refractivity contribution is 9.10. The van der Waals surface area contributed by atoms with Crippen molar-refractivity contribution in [1.82, 2.24) is 4.98 Å². The quantitative estimate of drug-likeness (QED) is 0.325. The maximum Gasteiger partial charge on any atom is 0.284 e. The lowest BCUT2D eigenvalue weighted by molar-refractivity contribution is -0.385. The van der Waals surface area contributed by atoms with Gasteiger partial charge in [0, 0.05) is 17.8 Å². The number of hydrogen-bond donors (Lipinski definition) is 0. The minimum atomic E-state index is -0.391. The molecule has 0 unspecified atom stereocenters. The van der Waals surface area contributed by atoms with Crippen molar-refractivity contribution in [3.63, 3.8) is 0 Å². The van der Waals surface area contributed by atoms with E-state index >= 15 is 0 Å². The first kappa shape index (κ1) is 17.6. The molecule has 1 aromatic carbocycles. The summed E-state index contributed by atoms with van der Waals surface area (Å²) < 4.78 is 0.481. The number of rotatable bonds is 8. The number of aryl methyl sites for hydroxylation is 1. The highest BCUT2D eigenvalue weighted by Crippen LogP contribution is 2.29. The maximum absolute atomic E-state index is 11.0. The summed E-state index contributed by atoms with van der Waals surface area (Å²) in [6, 6.07) is 9.09. The molecule has 0 radical (unpaired) electrons. The molecule has 0 aliphatic rings. The maximum atomic E-state index is 11.0. The number of pyridine rings is 1. The molecule has 5 heteroatoms. The van der Waals surface area contributed by atoms with E-state index in [-0.39, 0.29) is 5.69 Å². The Bertz CT molecular complexity index is 657. The summed E-state index contributed by atoms with van der Waals surface area (Å²) in [5, 5.41) is 11.0. The second-order valence-corrected chi connectivity index (χ2v) is 6.49. The molecule has 0 aliphatic carbocycles. The number of hydrogen-bond acceptors (Lipinski definition) is 3. The van der Waals surface area contributed by atoms with Gasteiger partial charge < -0.3 is 0 Å². The third-order valence-corrected chi connectivity index (χ3v) is 4.50. The van der Waals surface area contributed by atoms with Crippen molar-refractivity contribution < 1.29 is 4.92 Å². The van der Waals surface area contributed by atoms with Crippen molar-refractivity contribution in [3.8, 4) is 11.3 Å². The van der Waals surface area contributed by atoms with Crippen LogP contribution in [0.15, 0.2) is 41.0 Å².